The van der Waals surface area contributed by atoms with Crippen LogP contribution in [0.1, 0.15) is 5.56 Å². The second kappa shape index (κ2) is 7.39. The molecule has 1 aromatic carbocycles. The van der Waals surface area contributed by atoms with Crippen LogP contribution in [-0.4, -0.2) is 85.2 Å². The summed E-state index contributed by atoms with van der Waals surface area (Å²) < 4.78 is 65.9. The number of nitrogens with zero attached hydrogens (tertiary/aromatic N) is 4. The number of benzene rings is 1. The molecule has 2 fully saturated rings. The van der Waals surface area contributed by atoms with Gasteiger partial charge in [0, 0.05) is 33.2 Å². The van der Waals surface area contributed by atoms with E-state index in [9.17, 15) is 36.0 Å². The van der Waals surface area contributed by atoms with E-state index in [0.717, 1.165) is 21.3 Å². The smallest absolute Gasteiger partial charge is 0.283 e. The second-order valence-corrected chi connectivity index (χ2v) is 8.44. The molecule has 158 valence electrons. The van der Waals surface area contributed by atoms with Crippen molar-refractivity contribution in [3.05, 3.63) is 29.8 Å². The molecule has 3 rings (SSSR count). The lowest BCUT2D eigenvalue weighted by molar-refractivity contribution is -0.143. The first-order chi connectivity index (χ1) is 13.4. The van der Waals surface area contributed by atoms with Crippen LogP contribution in [0.3, 0.4) is 0 Å². The van der Waals surface area contributed by atoms with Crippen molar-refractivity contribution < 1.29 is 36.0 Å². The number of sulfonamides is 1. The maximum absolute atomic E-state index is 13.2. The van der Waals surface area contributed by atoms with E-state index in [2.05, 4.69) is 0 Å². The zero-order valence-electron chi connectivity index (χ0n) is 15.2. The first kappa shape index (κ1) is 21.2. The molecule has 4 amide bonds. The zero-order chi connectivity index (χ0) is 21.6. The monoisotopic (exact) mass is 434 g/mol. The molecule has 2 aliphatic rings. The molecule has 2 aliphatic heterocycles. The summed E-state index contributed by atoms with van der Waals surface area (Å²) in [4.78, 5) is 37.4. The lowest BCUT2D eigenvalue weighted by Gasteiger charge is -2.35. The number of rotatable bonds is 4. The number of amides is 4. The molecular formula is C16H17F3N4O5S. The highest BCUT2D eigenvalue weighted by atomic mass is 32.2. The standard InChI is InChI=1S/C16H17F3N4O5S/c1-20-13(24)14(25)23(15(20)26)10-21-6-8-22(9-7-21)29(27,28)12-5-3-2-4-11(12)16(17,18)19/h2-5H,6-10H2,1H3. The number of piperazine rings is 1. The minimum absolute atomic E-state index is 0.0718. The van der Waals surface area contributed by atoms with E-state index in [-0.39, 0.29) is 32.8 Å². The van der Waals surface area contributed by atoms with Gasteiger partial charge in [0.05, 0.1) is 17.1 Å². The van der Waals surface area contributed by atoms with Crippen LogP contribution in [0.5, 0.6) is 0 Å². The van der Waals surface area contributed by atoms with Crippen LogP contribution >= 0.6 is 0 Å². The number of carbonyl (C=O) groups is 3. The van der Waals surface area contributed by atoms with Crippen molar-refractivity contribution in [1.29, 1.82) is 0 Å². The third-order valence-electron chi connectivity index (χ3n) is 4.73. The number of carbonyl (C=O) groups excluding carboxylic acids is 3. The minimum Gasteiger partial charge on any atom is -0.283 e. The van der Waals surface area contributed by atoms with Gasteiger partial charge in [-0.3, -0.25) is 19.4 Å². The second-order valence-electron chi connectivity index (χ2n) is 6.54. The Bertz CT molecular complexity index is 958. The van der Waals surface area contributed by atoms with Gasteiger partial charge in [-0.25, -0.2) is 18.1 Å². The summed E-state index contributed by atoms with van der Waals surface area (Å²) in [7, 11) is -3.22. The lowest BCUT2D eigenvalue weighted by Crippen LogP contribution is -2.52. The highest BCUT2D eigenvalue weighted by molar-refractivity contribution is 7.89. The molecule has 0 bridgehead atoms. The van der Waals surface area contributed by atoms with Crippen molar-refractivity contribution in [3.63, 3.8) is 0 Å². The number of halogens is 3. The molecule has 13 heteroatoms. The normalized spacial score (nSPS) is 20.1. The van der Waals surface area contributed by atoms with Crippen LogP contribution in [0.2, 0.25) is 0 Å². The van der Waals surface area contributed by atoms with E-state index in [4.69, 9.17) is 0 Å². The number of likely N-dealkylation sites (N-methyl/N-ethyl adjacent to an activating group) is 1. The van der Waals surface area contributed by atoms with Gasteiger partial charge in [-0.05, 0) is 12.1 Å². The summed E-state index contributed by atoms with van der Waals surface area (Å²) in [5.74, 6) is -1.94. The van der Waals surface area contributed by atoms with Crippen molar-refractivity contribution in [1.82, 2.24) is 19.0 Å². The van der Waals surface area contributed by atoms with Crippen LogP contribution in [0.25, 0.3) is 0 Å². The molecule has 0 N–H and O–H groups in total. The van der Waals surface area contributed by atoms with E-state index < -0.39 is 44.5 Å². The SMILES string of the molecule is CN1C(=O)C(=O)N(CN2CCN(S(=O)(=O)c3ccccc3C(F)(F)F)CC2)C1=O. The third kappa shape index (κ3) is 3.84. The molecule has 0 unspecified atom stereocenters. The topological polar surface area (TPSA) is 98.3 Å². The van der Waals surface area contributed by atoms with Crippen LogP contribution in [0.4, 0.5) is 18.0 Å². The van der Waals surface area contributed by atoms with E-state index in [1.54, 1.807) is 4.90 Å². The van der Waals surface area contributed by atoms with Crippen LogP contribution in [0.15, 0.2) is 29.2 Å². The highest BCUT2D eigenvalue weighted by Crippen LogP contribution is 2.35. The van der Waals surface area contributed by atoms with E-state index in [1.165, 1.54) is 13.1 Å². The Morgan fingerprint density at radius 1 is 0.966 bits per heavy atom. The molecule has 0 atom stereocenters. The fourth-order valence-corrected chi connectivity index (χ4v) is 4.75. The predicted molar refractivity (Wildman–Crippen MR) is 91.7 cm³/mol. The van der Waals surface area contributed by atoms with Crippen molar-refractivity contribution in [3.8, 4) is 0 Å². The summed E-state index contributed by atoms with van der Waals surface area (Å²) in [5, 5.41) is 0. The van der Waals surface area contributed by atoms with Gasteiger partial charge in [-0.2, -0.15) is 17.5 Å². The zero-order valence-corrected chi connectivity index (χ0v) is 16.0. The Balaban J connectivity index is 1.71. The number of hydrogen-bond acceptors (Lipinski definition) is 6. The van der Waals surface area contributed by atoms with Gasteiger partial charge in [-0.1, -0.05) is 12.1 Å². The molecule has 0 aliphatic carbocycles. The van der Waals surface area contributed by atoms with Gasteiger partial charge in [0.25, 0.3) is 0 Å². The summed E-state index contributed by atoms with van der Waals surface area (Å²) in [6.45, 7) is -0.325. The number of imide groups is 2. The number of alkyl halides is 3. The highest BCUT2D eigenvalue weighted by Gasteiger charge is 2.44. The van der Waals surface area contributed by atoms with Crippen molar-refractivity contribution in [2.45, 2.75) is 11.1 Å². The first-order valence-electron chi connectivity index (χ1n) is 8.47. The lowest BCUT2D eigenvalue weighted by atomic mass is 10.2. The number of urea groups is 1. The molecule has 0 spiro atoms. The Morgan fingerprint density at radius 2 is 1.55 bits per heavy atom. The largest absolute Gasteiger partial charge is 0.417 e. The predicted octanol–water partition coefficient (Wildman–Crippen LogP) is 0.390. The average molecular weight is 434 g/mol. The minimum atomic E-state index is -4.82. The first-order valence-corrected chi connectivity index (χ1v) is 9.91. The maximum atomic E-state index is 13.2. The molecule has 0 saturated carbocycles. The molecule has 9 nitrogen and oxygen atoms in total. The van der Waals surface area contributed by atoms with Crippen LogP contribution < -0.4 is 0 Å². The van der Waals surface area contributed by atoms with E-state index in [0.29, 0.717) is 11.0 Å². The van der Waals surface area contributed by atoms with Gasteiger partial charge in [0.1, 0.15) is 0 Å². The molecule has 0 aromatic heterocycles. The van der Waals surface area contributed by atoms with Gasteiger partial charge in [0.15, 0.2) is 0 Å². The van der Waals surface area contributed by atoms with Gasteiger partial charge < -0.3 is 0 Å². The fourth-order valence-electron chi connectivity index (χ4n) is 3.11. The van der Waals surface area contributed by atoms with E-state index >= 15 is 0 Å². The molecular weight excluding hydrogens is 417 g/mol. The van der Waals surface area contributed by atoms with Crippen molar-refractivity contribution in [2.24, 2.45) is 0 Å². The molecule has 1 aromatic rings. The molecule has 2 heterocycles. The third-order valence-corrected chi connectivity index (χ3v) is 6.69. The average Bonchev–Trinajstić information content (AvgIpc) is 2.86. The van der Waals surface area contributed by atoms with E-state index in [1.807, 2.05) is 0 Å². The van der Waals surface area contributed by atoms with Gasteiger partial charge >= 0.3 is 24.0 Å². The maximum Gasteiger partial charge on any atom is 0.417 e. The summed E-state index contributed by atoms with van der Waals surface area (Å²) >= 11 is 0. The van der Waals surface area contributed by atoms with Gasteiger partial charge in [0.2, 0.25) is 10.0 Å². The van der Waals surface area contributed by atoms with Crippen molar-refractivity contribution in [2.75, 3.05) is 39.9 Å². The fraction of sp³-hybridized carbons (Fsp3) is 0.438. The van der Waals surface area contributed by atoms with Crippen LogP contribution in [-0.2, 0) is 25.8 Å². The summed E-state index contributed by atoms with van der Waals surface area (Å²) in [5.41, 5.74) is -1.24. The molecule has 2 saturated heterocycles. The Kier molecular flexibility index (Phi) is 5.40. The van der Waals surface area contributed by atoms with Gasteiger partial charge in [-0.15, -0.1) is 0 Å². The number of hydrogen-bond donors (Lipinski definition) is 0. The Morgan fingerprint density at radius 3 is 2.07 bits per heavy atom. The summed E-state index contributed by atoms with van der Waals surface area (Å²) in [6, 6.07) is 3.17. The summed E-state index contributed by atoms with van der Waals surface area (Å²) in [6.07, 6.45) is -4.82. The Hall–Kier alpha value is -2.51. The quantitative estimate of drug-likeness (QED) is 0.502. The van der Waals surface area contributed by atoms with Crippen LogP contribution in [0, 0.1) is 0 Å². The molecule has 0 radical (unpaired) electrons. The Labute approximate surface area is 164 Å². The molecule has 29 heavy (non-hydrogen) atoms. The van der Waals surface area contributed by atoms with Crippen molar-refractivity contribution >= 4 is 27.9 Å².